The van der Waals surface area contributed by atoms with Crippen LogP contribution in [0.5, 0.6) is 0 Å². The summed E-state index contributed by atoms with van der Waals surface area (Å²) in [5.74, 6) is -1.21. The Balaban J connectivity index is 1.92. The van der Waals surface area contributed by atoms with Crippen molar-refractivity contribution in [3.05, 3.63) is 62.8 Å². The lowest BCUT2D eigenvalue weighted by molar-refractivity contribution is 0.0601. The first-order valence-corrected chi connectivity index (χ1v) is 9.53. The van der Waals surface area contributed by atoms with Gasteiger partial charge in [0.2, 0.25) is 0 Å². The number of nitrogens with one attached hydrogen (secondary N) is 2. The molecule has 0 aliphatic rings. The van der Waals surface area contributed by atoms with Crippen LogP contribution in [-0.2, 0) is 4.74 Å². The van der Waals surface area contributed by atoms with Crippen molar-refractivity contribution in [1.29, 1.82) is 0 Å². The zero-order valence-corrected chi connectivity index (χ0v) is 17.2. The van der Waals surface area contributed by atoms with Gasteiger partial charge in [-0.3, -0.25) is 9.59 Å². The summed E-state index contributed by atoms with van der Waals surface area (Å²) in [6.45, 7) is 3.26. The summed E-state index contributed by atoms with van der Waals surface area (Å²) in [6.07, 6.45) is 0. The van der Waals surface area contributed by atoms with E-state index in [0.29, 0.717) is 22.0 Å². The zero-order valence-electron chi connectivity index (χ0n) is 15.7. The van der Waals surface area contributed by atoms with Crippen LogP contribution in [0.1, 0.15) is 41.8 Å². The van der Waals surface area contributed by atoms with Crippen LogP contribution in [0.2, 0.25) is 5.02 Å². The molecule has 2 aromatic heterocycles. The number of carbonyl (C=O) groups excluding carboxylic acids is 3. The number of nitrogens with zero attached hydrogens (tertiary/aromatic N) is 1. The van der Waals surface area contributed by atoms with Crippen LogP contribution in [0.15, 0.2) is 34.9 Å². The van der Waals surface area contributed by atoms with Crippen molar-refractivity contribution < 1.29 is 23.6 Å². The quantitative estimate of drug-likeness (QED) is 0.580. The molecule has 29 heavy (non-hydrogen) atoms. The SMILES string of the molecule is COC(=O)c1c(NC(=O)c2cc(C)on2)sc(C(=O)Nc2ccc(Cl)cc2)c1C. The Morgan fingerprint density at radius 2 is 1.79 bits per heavy atom. The van der Waals surface area contributed by atoms with Gasteiger partial charge in [0, 0.05) is 16.8 Å². The van der Waals surface area contributed by atoms with E-state index in [1.54, 1.807) is 38.1 Å². The molecule has 2 N–H and O–H groups in total. The Kier molecular flexibility index (Phi) is 6.00. The number of aryl methyl sites for hydroxylation is 1. The molecule has 0 radical (unpaired) electrons. The number of hydrogen-bond donors (Lipinski definition) is 2. The van der Waals surface area contributed by atoms with Crippen molar-refractivity contribution in [2.45, 2.75) is 13.8 Å². The van der Waals surface area contributed by atoms with Gasteiger partial charge in [-0.25, -0.2) is 4.79 Å². The summed E-state index contributed by atoms with van der Waals surface area (Å²) < 4.78 is 9.70. The molecule has 0 fully saturated rings. The smallest absolute Gasteiger partial charge is 0.341 e. The highest BCUT2D eigenvalue weighted by molar-refractivity contribution is 7.19. The largest absolute Gasteiger partial charge is 0.465 e. The van der Waals surface area contributed by atoms with Crippen LogP contribution < -0.4 is 10.6 Å². The number of anilines is 2. The van der Waals surface area contributed by atoms with Gasteiger partial charge >= 0.3 is 5.97 Å². The van der Waals surface area contributed by atoms with Gasteiger partial charge in [0.15, 0.2) is 5.69 Å². The Morgan fingerprint density at radius 3 is 2.38 bits per heavy atom. The molecular formula is C19H16ClN3O5S. The van der Waals surface area contributed by atoms with Crippen LogP contribution in [0.3, 0.4) is 0 Å². The molecule has 1 aromatic carbocycles. The second-order valence-corrected chi connectivity index (χ2v) is 7.45. The van der Waals surface area contributed by atoms with Gasteiger partial charge in [0.1, 0.15) is 10.8 Å². The third kappa shape index (κ3) is 4.47. The van der Waals surface area contributed by atoms with Crippen LogP contribution in [0.25, 0.3) is 0 Å². The summed E-state index contributed by atoms with van der Waals surface area (Å²) in [4.78, 5) is 37.7. The van der Waals surface area contributed by atoms with Gasteiger partial charge in [-0.05, 0) is 43.7 Å². The van der Waals surface area contributed by atoms with E-state index in [4.69, 9.17) is 20.9 Å². The van der Waals surface area contributed by atoms with Crippen molar-refractivity contribution in [2.24, 2.45) is 0 Å². The highest BCUT2D eigenvalue weighted by Gasteiger charge is 2.27. The highest BCUT2D eigenvalue weighted by atomic mass is 35.5. The number of amides is 2. The highest BCUT2D eigenvalue weighted by Crippen LogP contribution is 2.34. The van der Waals surface area contributed by atoms with E-state index in [1.807, 2.05) is 0 Å². The van der Waals surface area contributed by atoms with Crippen molar-refractivity contribution in [3.63, 3.8) is 0 Å². The Labute approximate surface area is 174 Å². The van der Waals surface area contributed by atoms with Gasteiger partial charge in [-0.1, -0.05) is 16.8 Å². The van der Waals surface area contributed by atoms with E-state index in [1.165, 1.54) is 13.2 Å². The molecule has 0 aliphatic heterocycles. The number of rotatable bonds is 5. The van der Waals surface area contributed by atoms with Crippen molar-refractivity contribution in [1.82, 2.24) is 5.16 Å². The number of methoxy groups -OCH3 is 1. The van der Waals surface area contributed by atoms with Crippen LogP contribution >= 0.6 is 22.9 Å². The molecule has 8 nitrogen and oxygen atoms in total. The summed E-state index contributed by atoms with van der Waals surface area (Å²) in [7, 11) is 1.22. The summed E-state index contributed by atoms with van der Waals surface area (Å²) >= 11 is 6.81. The summed E-state index contributed by atoms with van der Waals surface area (Å²) in [5, 5.41) is 9.70. The van der Waals surface area contributed by atoms with E-state index in [9.17, 15) is 14.4 Å². The maximum Gasteiger partial charge on any atom is 0.341 e. The molecule has 0 saturated carbocycles. The lowest BCUT2D eigenvalue weighted by Gasteiger charge is -2.05. The fourth-order valence-electron chi connectivity index (χ4n) is 2.53. The standard InChI is InChI=1S/C19H16ClN3O5S/c1-9-8-13(23-28-9)16(24)22-18-14(19(26)27-3)10(2)15(29-18)17(25)21-12-6-4-11(20)5-7-12/h4-8H,1-3H3,(H,21,25)(H,22,24). The van der Waals surface area contributed by atoms with Gasteiger partial charge in [0.25, 0.3) is 11.8 Å². The van der Waals surface area contributed by atoms with Crippen molar-refractivity contribution in [2.75, 3.05) is 17.7 Å². The summed E-state index contributed by atoms with van der Waals surface area (Å²) in [6, 6.07) is 8.05. The second kappa shape index (κ2) is 8.46. The molecule has 0 spiro atoms. The van der Waals surface area contributed by atoms with Gasteiger partial charge < -0.3 is 19.9 Å². The molecular weight excluding hydrogens is 418 g/mol. The first kappa shape index (κ1) is 20.6. The molecule has 3 rings (SSSR count). The average molecular weight is 434 g/mol. The topological polar surface area (TPSA) is 111 Å². The van der Waals surface area contributed by atoms with Crippen molar-refractivity contribution in [3.8, 4) is 0 Å². The molecule has 0 bridgehead atoms. The predicted molar refractivity (Wildman–Crippen MR) is 109 cm³/mol. The van der Waals surface area contributed by atoms with E-state index in [0.717, 1.165) is 11.3 Å². The third-order valence-electron chi connectivity index (χ3n) is 3.93. The minimum atomic E-state index is -0.670. The Hall–Kier alpha value is -3.17. The lowest BCUT2D eigenvalue weighted by atomic mass is 10.1. The first-order chi connectivity index (χ1) is 13.8. The number of halogens is 1. The number of carbonyl (C=O) groups is 3. The monoisotopic (exact) mass is 433 g/mol. The van der Waals surface area contributed by atoms with Gasteiger partial charge in [-0.15, -0.1) is 11.3 Å². The number of ether oxygens (including phenoxy) is 1. The fraction of sp³-hybridized carbons (Fsp3) is 0.158. The second-order valence-electron chi connectivity index (χ2n) is 5.99. The van der Waals surface area contributed by atoms with E-state index >= 15 is 0 Å². The van der Waals surface area contributed by atoms with Crippen molar-refractivity contribution >= 4 is 51.4 Å². The minimum Gasteiger partial charge on any atom is -0.465 e. The van der Waals surface area contributed by atoms with E-state index in [-0.39, 0.29) is 21.1 Å². The third-order valence-corrected chi connectivity index (χ3v) is 5.39. The maximum absolute atomic E-state index is 12.7. The van der Waals surface area contributed by atoms with Gasteiger partial charge in [-0.2, -0.15) is 0 Å². The molecule has 150 valence electrons. The molecule has 3 aromatic rings. The number of benzene rings is 1. The molecule has 2 heterocycles. The van der Waals surface area contributed by atoms with E-state index in [2.05, 4.69) is 15.8 Å². The van der Waals surface area contributed by atoms with Gasteiger partial charge in [0.05, 0.1) is 17.6 Å². The molecule has 10 heteroatoms. The molecule has 0 aliphatic carbocycles. The Bertz CT molecular complexity index is 1090. The number of esters is 1. The Morgan fingerprint density at radius 1 is 1.10 bits per heavy atom. The molecule has 0 atom stereocenters. The summed E-state index contributed by atoms with van der Waals surface area (Å²) in [5.41, 5.74) is 1.08. The van der Waals surface area contributed by atoms with Crippen LogP contribution in [0, 0.1) is 13.8 Å². The predicted octanol–water partition coefficient (Wildman–Crippen LogP) is 4.30. The number of aromatic nitrogens is 1. The molecule has 0 unspecified atom stereocenters. The van der Waals surface area contributed by atoms with Crippen LogP contribution in [0.4, 0.5) is 10.7 Å². The van der Waals surface area contributed by atoms with Crippen LogP contribution in [-0.4, -0.2) is 30.1 Å². The normalized spacial score (nSPS) is 10.5. The number of hydrogen-bond acceptors (Lipinski definition) is 7. The molecule has 2 amide bonds. The lowest BCUT2D eigenvalue weighted by Crippen LogP contribution is -2.14. The fourth-order valence-corrected chi connectivity index (χ4v) is 3.74. The zero-order chi connectivity index (χ0) is 21.1. The minimum absolute atomic E-state index is 0.0523. The molecule has 0 saturated heterocycles. The first-order valence-electron chi connectivity index (χ1n) is 8.33. The number of thiophene rings is 1. The van der Waals surface area contributed by atoms with E-state index < -0.39 is 17.8 Å². The average Bonchev–Trinajstić information content (AvgIpc) is 3.26. The maximum atomic E-state index is 12.7.